The normalized spacial score (nSPS) is 13.7. The van der Waals surface area contributed by atoms with Gasteiger partial charge >= 0.3 is 5.97 Å². The van der Waals surface area contributed by atoms with E-state index in [-0.39, 0.29) is 17.3 Å². The van der Waals surface area contributed by atoms with E-state index in [1.165, 1.54) is 6.07 Å². The number of furan rings is 1. The Balaban J connectivity index is 1.40. The van der Waals surface area contributed by atoms with Crippen LogP contribution < -0.4 is 14.2 Å². The Morgan fingerprint density at radius 3 is 2.56 bits per heavy atom. The van der Waals surface area contributed by atoms with Crippen LogP contribution in [0.5, 0.6) is 17.2 Å². The lowest BCUT2D eigenvalue weighted by Crippen LogP contribution is -2.09. The van der Waals surface area contributed by atoms with E-state index in [9.17, 15) is 9.59 Å². The predicted octanol–water partition coefficient (Wildman–Crippen LogP) is 6.63. The summed E-state index contributed by atoms with van der Waals surface area (Å²) in [5.41, 5.74) is 2.05. The first-order chi connectivity index (χ1) is 16.4. The van der Waals surface area contributed by atoms with Gasteiger partial charge in [-0.3, -0.25) is 4.79 Å². The second-order valence-corrected chi connectivity index (χ2v) is 8.10. The molecule has 1 aliphatic heterocycles. The van der Waals surface area contributed by atoms with Crippen LogP contribution in [0.2, 0.25) is 5.02 Å². The van der Waals surface area contributed by atoms with Crippen molar-refractivity contribution in [2.45, 2.75) is 13.8 Å². The van der Waals surface area contributed by atoms with E-state index >= 15 is 0 Å². The van der Waals surface area contributed by atoms with Crippen molar-refractivity contribution in [3.05, 3.63) is 93.9 Å². The molecule has 4 aromatic rings. The first-order valence-electron chi connectivity index (χ1n) is 10.6. The van der Waals surface area contributed by atoms with Crippen LogP contribution >= 0.6 is 11.6 Å². The third kappa shape index (κ3) is 4.04. The van der Waals surface area contributed by atoms with Crippen LogP contribution in [0.25, 0.3) is 17.0 Å². The Bertz CT molecular complexity index is 1460. The molecule has 2 heterocycles. The highest BCUT2D eigenvalue weighted by Gasteiger charge is 2.28. The minimum Gasteiger partial charge on any atom is -0.494 e. The molecule has 1 aliphatic rings. The van der Waals surface area contributed by atoms with Gasteiger partial charge in [0.05, 0.1) is 12.2 Å². The average molecular weight is 475 g/mol. The van der Waals surface area contributed by atoms with Crippen LogP contribution in [-0.4, -0.2) is 18.4 Å². The number of aryl methyl sites for hydroxylation is 1. The van der Waals surface area contributed by atoms with Gasteiger partial charge < -0.3 is 18.6 Å². The van der Waals surface area contributed by atoms with Gasteiger partial charge in [-0.25, -0.2) is 4.79 Å². The Kier molecular flexibility index (Phi) is 5.59. The molecule has 170 valence electrons. The molecular weight excluding hydrogens is 456 g/mol. The van der Waals surface area contributed by atoms with Crippen molar-refractivity contribution in [1.29, 1.82) is 0 Å². The van der Waals surface area contributed by atoms with Crippen LogP contribution in [0.15, 0.2) is 70.8 Å². The van der Waals surface area contributed by atoms with E-state index in [1.54, 1.807) is 67.6 Å². The van der Waals surface area contributed by atoms with Crippen LogP contribution in [0, 0.1) is 6.92 Å². The minimum atomic E-state index is -0.578. The van der Waals surface area contributed by atoms with Crippen molar-refractivity contribution in [3.63, 3.8) is 0 Å². The number of Topliss-reactive ketones (excluding diaryl/α,β-unsaturated/α-hetero) is 1. The zero-order valence-corrected chi connectivity index (χ0v) is 19.1. The summed E-state index contributed by atoms with van der Waals surface area (Å²) >= 11 is 5.92. The summed E-state index contributed by atoms with van der Waals surface area (Å²) in [5, 5.41) is 1.21. The molecule has 0 radical (unpaired) electrons. The SMILES string of the molecule is CCOc1ccc2oc(C)c(C(=O)Oc3ccc4c(c3)O/C(=C\c3ccc(Cl)cc3)C4=O)c2c1. The van der Waals surface area contributed by atoms with Crippen molar-refractivity contribution in [2.24, 2.45) is 0 Å². The fourth-order valence-electron chi connectivity index (χ4n) is 3.81. The van der Waals surface area contributed by atoms with E-state index in [0.29, 0.717) is 51.0 Å². The quantitative estimate of drug-likeness (QED) is 0.183. The number of carbonyl (C=O) groups is 2. The lowest BCUT2D eigenvalue weighted by atomic mass is 10.1. The summed E-state index contributed by atoms with van der Waals surface area (Å²) in [6, 6.07) is 17.0. The molecule has 7 heteroatoms. The number of hydrogen-bond donors (Lipinski definition) is 0. The van der Waals surface area contributed by atoms with E-state index in [0.717, 1.165) is 5.56 Å². The lowest BCUT2D eigenvalue weighted by Gasteiger charge is -2.06. The number of rotatable bonds is 5. The highest BCUT2D eigenvalue weighted by Crippen LogP contribution is 2.36. The molecule has 0 fully saturated rings. The third-order valence-electron chi connectivity index (χ3n) is 5.37. The number of benzene rings is 3. The number of halogens is 1. The van der Waals surface area contributed by atoms with Crippen molar-refractivity contribution < 1.29 is 28.2 Å². The zero-order chi connectivity index (χ0) is 23.8. The van der Waals surface area contributed by atoms with E-state index in [1.807, 2.05) is 6.92 Å². The number of allylic oxidation sites excluding steroid dienone is 1. The molecule has 6 nitrogen and oxygen atoms in total. The monoisotopic (exact) mass is 474 g/mol. The van der Waals surface area contributed by atoms with Gasteiger partial charge in [0.15, 0.2) is 5.76 Å². The van der Waals surface area contributed by atoms with Gasteiger partial charge in [-0.2, -0.15) is 0 Å². The second kappa shape index (κ2) is 8.72. The van der Waals surface area contributed by atoms with Crippen molar-refractivity contribution >= 4 is 40.4 Å². The predicted molar refractivity (Wildman–Crippen MR) is 128 cm³/mol. The van der Waals surface area contributed by atoms with Crippen LogP contribution in [0.3, 0.4) is 0 Å². The number of fused-ring (bicyclic) bond motifs is 2. The summed E-state index contributed by atoms with van der Waals surface area (Å²) in [4.78, 5) is 25.7. The van der Waals surface area contributed by atoms with Gasteiger partial charge in [0.2, 0.25) is 5.78 Å². The second-order valence-electron chi connectivity index (χ2n) is 7.66. The molecule has 0 aliphatic carbocycles. The van der Waals surface area contributed by atoms with Gasteiger partial charge in [-0.15, -0.1) is 0 Å². The largest absolute Gasteiger partial charge is 0.494 e. The standard InChI is InChI=1S/C27H19ClO6/c1-3-31-18-9-11-22-21(13-18)25(15(2)32-22)27(30)33-19-8-10-20-23(14-19)34-24(26(20)29)12-16-4-6-17(28)7-5-16/h4-14H,3H2,1-2H3/b24-12-. The fourth-order valence-corrected chi connectivity index (χ4v) is 3.93. The van der Waals surface area contributed by atoms with E-state index in [4.69, 9.17) is 30.2 Å². The summed E-state index contributed by atoms with van der Waals surface area (Å²) in [5.74, 6) is 1.00. The fraction of sp³-hybridized carbons (Fsp3) is 0.111. The molecule has 0 unspecified atom stereocenters. The molecule has 0 saturated heterocycles. The summed E-state index contributed by atoms with van der Waals surface area (Å²) in [6.45, 7) is 4.09. The molecule has 0 spiro atoms. The van der Waals surface area contributed by atoms with Crippen LogP contribution in [0.1, 0.15) is 39.0 Å². The molecule has 0 bridgehead atoms. The van der Waals surface area contributed by atoms with Crippen molar-refractivity contribution in [3.8, 4) is 17.2 Å². The summed E-state index contributed by atoms with van der Waals surface area (Å²) in [6.07, 6.45) is 1.64. The van der Waals surface area contributed by atoms with Gasteiger partial charge in [0, 0.05) is 16.5 Å². The topological polar surface area (TPSA) is 75.0 Å². The van der Waals surface area contributed by atoms with Crippen molar-refractivity contribution in [2.75, 3.05) is 6.61 Å². The Morgan fingerprint density at radius 2 is 1.79 bits per heavy atom. The van der Waals surface area contributed by atoms with Gasteiger partial charge in [-0.05, 0) is 68.0 Å². The number of esters is 1. The maximum atomic E-state index is 13.0. The maximum absolute atomic E-state index is 13.0. The van der Waals surface area contributed by atoms with Gasteiger partial charge in [0.1, 0.15) is 34.2 Å². The molecule has 0 N–H and O–H groups in total. The Hall–Kier alpha value is -4.03. The van der Waals surface area contributed by atoms with E-state index in [2.05, 4.69) is 0 Å². The molecular formula is C27H19ClO6. The smallest absolute Gasteiger partial charge is 0.347 e. The number of hydrogen-bond acceptors (Lipinski definition) is 6. The number of carbonyl (C=O) groups excluding carboxylic acids is 2. The maximum Gasteiger partial charge on any atom is 0.347 e. The Morgan fingerprint density at radius 1 is 1.03 bits per heavy atom. The molecule has 5 rings (SSSR count). The molecule has 0 saturated carbocycles. The van der Waals surface area contributed by atoms with Gasteiger partial charge in [-0.1, -0.05) is 23.7 Å². The number of ketones is 1. The van der Waals surface area contributed by atoms with E-state index < -0.39 is 5.97 Å². The minimum absolute atomic E-state index is 0.181. The Labute approximate surface area is 200 Å². The lowest BCUT2D eigenvalue weighted by molar-refractivity contribution is 0.0734. The van der Waals surface area contributed by atoms with Crippen LogP contribution in [-0.2, 0) is 0 Å². The van der Waals surface area contributed by atoms with Gasteiger partial charge in [0.25, 0.3) is 0 Å². The first-order valence-corrected chi connectivity index (χ1v) is 11.0. The highest BCUT2D eigenvalue weighted by molar-refractivity contribution is 6.30. The van der Waals surface area contributed by atoms with Crippen LogP contribution in [0.4, 0.5) is 0 Å². The molecule has 34 heavy (non-hydrogen) atoms. The highest BCUT2D eigenvalue weighted by atomic mass is 35.5. The molecule has 3 aromatic carbocycles. The summed E-state index contributed by atoms with van der Waals surface area (Å²) in [7, 11) is 0. The zero-order valence-electron chi connectivity index (χ0n) is 18.4. The van der Waals surface area contributed by atoms with Crippen molar-refractivity contribution in [1.82, 2.24) is 0 Å². The molecule has 0 amide bonds. The summed E-state index contributed by atoms with van der Waals surface area (Å²) < 4.78 is 22.6. The average Bonchev–Trinajstić information content (AvgIpc) is 3.30. The first kappa shape index (κ1) is 21.8. The number of ether oxygens (including phenoxy) is 3. The third-order valence-corrected chi connectivity index (χ3v) is 5.62. The molecule has 0 atom stereocenters. The molecule has 1 aromatic heterocycles.